The first kappa shape index (κ1) is 12.7. The highest BCUT2D eigenvalue weighted by atomic mass is 16.5. The van der Waals surface area contributed by atoms with Crippen molar-refractivity contribution in [2.75, 3.05) is 19.5 Å². The van der Waals surface area contributed by atoms with Crippen molar-refractivity contribution in [2.45, 2.75) is 25.5 Å². The fourth-order valence-electron chi connectivity index (χ4n) is 1.50. The number of hydrogen-bond acceptors (Lipinski definition) is 5. The summed E-state index contributed by atoms with van der Waals surface area (Å²) in [4.78, 5) is 15.1. The van der Waals surface area contributed by atoms with Gasteiger partial charge in [-0.2, -0.15) is 4.98 Å². The van der Waals surface area contributed by atoms with Crippen LogP contribution in [0.25, 0.3) is 0 Å². The molecular weight excluding hydrogens is 210 g/mol. The zero-order chi connectivity index (χ0) is 12.1. The van der Waals surface area contributed by atoms with Gasteiger partial charge in [-0.05, 0) is 19.4 Å². The molecule has 0 amide bonds. The maximum Gasteiger partial charge on any atom is 0.349 e. The van der Waals surface area contributed by atoms with Gasteiger partial charge in [0.05, 0.1) is 12.7 Å². The van der Waals surface area contributed by atoms with Crippen molar-refractivity contribution in [3.8, 4) is 0 Å². The predicted molar refractivity (Wildman–Crippen MR) is 60.1 cm³/mol. The van der Waals surface area contributed by atoms with Gasteiger partial charge in [0, 0.05) is 19.3 Å². The Labute approximate surface area is 93.7 Å². The van der Waals surface area contributed by atoms with E-state index in [-0.39, 0.29) is 30.3 Å². The van der Waals surface area contributed by atoms with Crippen LogP contribution in [0.15, 0.2) is 17.1 Å². The van der Waals surface area contributed by atoms with Crippen LogP contribution in [0.3, 0.4) is 0 Å². The van der Waals surface area contributed by atoms with Crippen molar-refractivity contribution >= 4 is 5.82 Å². The van der Waals surface area contributed by atoms with Gasteiger partial charge in [0.25, 0.3) is 0 Å². The Balaban J connectivity index is 2.80. The van der Waals surface area contributed by atoms with Gasteiger partial charge in [0.2, 0.25) is 0 Å². The maximum atomic E-state index is 11.5. The Morgan fingerprint density at radius 2 is 2.38 bits per heavy atom. The molecule has 1 aromatic rings. The molecule has 90 valence electrons. The largest absolute Gasteiger partial charge is 0.394 e. The minimum atomic E-state index is -0.389. The highest BCUT2D eigenvalue weighted by Crippen LogP contribution is 2.12. The van der Waals surface area contributed by atoms with Crippen molar-refractivity contribution in [1.82, 2.24) is 9.55 Å². The van der Waals surface area contributed by atoms with Gasteiger partial charge in [0.1, 0.15) is 5.82 Å². The average Bonchev–Trinajstić information content (AvgIpc) is 2.25. The molecule has 6 nitrogen and oxygen atoms in total. The number of anilines is 1. The smallest absolute Gasteiger partial charge is 0.349 e. The number of nitrogen functional groups attached to an aromatic ring is 1. The molecule has 0 spiro atoms. The molecule has 16 heavy (non-hydrogen) atoms. The number of hydrogen-bond donors (Lipinski definition) is 2. The van der Waals surface area contributed by atoms with Crippen LogP contribution in [0.1, 0.15) is 19.4 Å². The standard InChI is InChI=1S/C10H17N3O3/c1-7(5-8(6-14)16-2)13-4-3-9(11)12-10(13)15/h3-4,7-8,14H,5-6H2,1-2H3,(H2,11,12,15)/t7-,8-/m0/s1. The molecule has 0 bridgehead atoms. The number of nitrogens with zero attached hydrogens (tertiary/aromatic N) is 2. The number of aromatic nitrogens is 2. The number of aliphatic hydroxyl groups is 1. The third-order valence-corrected chi connectivity index (χ3v) is 2.47. The van der Waals surface area contributed by atoms with Crippen LogP contribution in [0.2, 0.25) is 0 Å². The molecule has 2 atom stereocenters. The summed E-state index contributed by atoms with van der Waals surface area (Å²) >= 11 is 0. The van der Waals surface area contributed by atoms with Gasteiger partial charge >= 0.3 is 5.69 Å². The summed E-state index contributed by atoms with van der Waals surface area (Å²) in [6.45, 7) is 1.79. The summed E-state index contributed by atoms with van der Waals surface area (Å²) in [7, 11) is 1.53. The van der Waals surface area contributed by atoms with Crippen LogP contribution in [0, 0.1) is 0 Å². The van der Waals surface area contributed by atoms with E-state index in [0.717, 1.165) is 0 Å². The van der Waals surface area contributed by atoms with Gasteiger partial charge in [-0.1, -0.05) is 0 Å². The Morgan fingerprint density at radius 1 is 1.69 bits per heavy atom. The van der Waals surface area contributed by atoms with Crippen LogP contribution >= 0.6 is 0 Å². The molecular formula is C10H17N3O3. The highest BCUT2D eigenvalue weighted by Gasteiger charge is 2.14. The summed E-state index contributed by atoms with van der Waals surface area (Å²) in [5.41, 5.74) is 5.00. The molecule has 3 N–H and O–H groups in total. The van der Waals surface area contributed by atoms with Gasteiger partial charge in [0.15, 0.2) is 0 Å². The molecule has 0 fully saturated rings. The van der Waals surface area contributed by atoms with Crippen LogP contribution in [-0.4, -0.2) is 34.5 Å². The molecule has 0 radical (unpaired) electrons. The minimum Gasteiger partial charge on any atom is -0.394 e. The number of methoxy groups -OCH3 is 1. The molecule has 0 saturated heterocycles. The molecule has 1 heterocycles. The minimum absolute atomic E-state index is 0.0714. The number of rotatable bonds is 5. The lowest BCUT2D eigenvalue weighted by molar-refractivity contribution is 0.0342. The number of ether oxygens (including phenoxy) is 1. The lowest BCUT2D eigenvalue weighted by Gasteiger charge is -2.19. The first-order chi connectivity index (χ1) is 7.58. The first-order valence-corrected chi connectivity index (χ1v) is 5.06. The van der Waals surface area contributed by atoms with Crippen molar-refractivity contribution in [2.24, 2.45) is 0 Å². The second kappa shape index (κ2) is 5.62. The third-order valence-electron chi connectivity index (χ3n) is 2.47. The summed E-state index contributed by atoms with van der Waals surface area (Å²) in [5.74, 6) is 0.207. The summed E-state index contributed by atoms with van der Waals surface area (Å²) in [5, 5.41) is 8.99. The zero-order valence-electron chi connectivity index (χ0n) is 9.46. The lowest BCUT2D eigenvalue weighted by Crippen LogP contribution is -2.29. The van der Waals surface area contributed by atoms with Crippen LogP contribution < -0.4 is 11.4 Å². The lowest BCUT2D eigenvalue weighted by atomic mass is 10.1. The van der Waals surface area contributed by atoms with Crippen molar-refractivity contribution in [3.63, 3.8) is 0 Å². The highest BCUT2D eigenvalue weighted by molar-refractivity contribution is 5.23. The summed E-state index contributed by atoms with van der Waals surface area (Å²) < 4.78 is 6.52. The van der Waals surface area contributed by atoms with E-state index in [4.69, 9.17) is 15.6 Å². The van der Waals surface area contributed by atoms with Crippen LogP contribution in [-0.2, 0) is 4.74 Å². The molecule has 0 aromatic carbocycles. The van der Waals surface area contributed by atoms with E-state index in [0.29, 0.717) is 6.42 Å². The molecule has 1 aromatic heterocycles. The topological polar surface area (TPSA) is 90.4 Å². The molecule has 1 rings (SSSR count). The Hall–Kier alpha value is -1.40. The number of aliphatic hydroxyl groups excluding tert-OH is 1. The molecule has 6 heteroatoms. The molecule has 0 aliphatic heterocycles. The van der Waals surface area contributed by atoms with Crippen molar-refractivity contribution in [1.29, 1.82) is 0 Å². The van der Waals surface area contributed by atoms with Gasteiger partial charge in [-0.25, -0.2) is 4.79 Å². The monoisotopic (exact) mass is 227 g/mol. The Kier molecular flexibility index (Phi) is 4.45. The third kappa shape index (κ3) is 3.04. The van der Waals surface area contributed by atoms with Crippen molar-refractivity contribution in [3.05, 3.63) is 22.7 Å². The van der Waals surface area contributed by atoms with Crippen LogP contribution in [0.4, 0.5) is 5.82 Å². The van der Waals surface area contributed by atoms with Gasteiger partial charge in [-0.15, -0.1) is 0 Å². The predicted octanol–water partition coefficient (Wildman–Crippen LogP) is -0.216. The average molecular weight is 227 g/mol. The van der Waals surface area contributed by atoms with Gasteiger partial charge < -0.3 is 15.6 Å². The quantitative estimate of drug-likeness (QED) is 0.726. The fourth-order valence-corrected chi connectivity index (χ4v) is 1.50. The van der Waals surface area contributed by atoms with E-state index in [1.54, 1.807) is 12.3 Å². The Bertz CT molecular complexity index is 387. The summed E-state index contributed by atoms with van der Waals surface area (Å²) in [6.07, 6.45) is 1.86. The van der Waals surface area contributed by atoms with E-state index < -0.39 is 0 Å². The number of nitrogens with two attached hydrogens (primary N) is 1. The van der Waals surface area contributed by atoms with E-state index in [2.05, 4.69) is 4.98 Å². The second-order valence-electron chi connectivity index (χ2n) is 3.67. The molecule has 0 aliphatic carbocycles. The fraction of sp³-hybridized carbons (Fsp3) is 0.600. The van der Waals surface area contributed by atoms with Crippen molar-refractivity contribution < 1.29 is 9.84 Å². The van der Waals surface area contributed by atoms with Crippen LogP contribution in [0.5, 0.6) is 0 Å². The first-order valence-electron chi connectivity index (χ1n) is 5.06. The SMILES string of the molecule is CO[C@H](CO)C[C@H](C)n1ccc(N)nc1=O. The molecule has 0 saturated carbocycles. The maximum absolute atomic E-state index is 11.5. The van der Waals surface area contributed by atoms with E-state index in [1.165, 1.54) is 11.7 Å². The van der Waals surface area contributed by atoms with Gasteiger partial charge in [-0.3, -0.25) is 4.57 Å². The molecule has 0 aliphatic rings. The normalized spacial score (nSPS) is 14.7. The van der Waals surface area contributed by atoms with E-state index >= 15 is 0 Å². The Morgan fingerprint density at radius 3 is 2.88 bits per heavy atom. The second-order valence-corrected chi connectivity index (χ2v) is 3.67. The van der Waals surface area contributed by atoms with E-state index in [1.807, 2.05) is 6.92 Å². The summed E-state index contributed by atoms with van der Waals surface area (Å²) in [6, 6.07) is 1.47. The zero-order valence-corrected chi connectivity index (χ0v) is 9.46. The molecule has 0 unspecified atom stereocenters. The van der Waals surface area contributed by atoms with E-state index in [9.17, 15) is 4.79 Å².